The summed E-state index contributed by atoms with van der Waals surface area (Å²) in [4.78, 5) is 25.0. The minimum Gasteiger partial charge on any atom is -0.444 e. The maximum atomic E-state index is 12.2. The molecule has 1 heterocycles. The van der Waals surface area contributed by atoms with Crippen molar-refractivity contribution in [2.45, 2.75) is 6.61 Å². The van der Waals surface area contributed by atoms with Crippen LogP contribution in [0, 0.1) is 0 Å². The molecule has 2 N–H and O–H groups in total. The second kappa shape index (κ2) is 10.5. The summed E-state index contributed by atoms with van der Waals surface area (Å²) in [6, 6.07) is 27.0. The maximum Gasteiger partial charge on any atom is 0.411 e. The summed E-state index contributed by atoms with van der Waals surface area (Å²) in [6.07, 6.45) is 2.95. The van der Waals surface area contributed by atoms with Crippen LogP contribution in [0.15, 0.2) is 96.1 Å². The van der Waals surface area contributed by atoms with E-state index in [9.17, 15) is 4.79 Å². The molecule has 160 valence electrons. The lowest BCUT2D eigenvalue weighted by Gasteiger charge is -2.08. The van der Waals surface area contributed by atoms with Crippen molar-refractivity contribution >= 4 is 39.6 Å². The van der Waals surface area contributed by atoms with Gasteiger partial charge in [-0.2, -0.15) is 0 Å². The lowest BCUT2D eigenvalue weighted by atomic mass is 10.2. The van der Waals surface area contributed by atoms with E-state index < -0.39 is 6.09 Å². The smallest absolute Gasteiger partial charge is 0.411 e. The highest BCUT2D eigenvalue weighted by Gasteiger charge is 2.11. The Balaban J connectivity index is 1.57. The molecule has 0 saturated heterocycles. The Kier molecular flexibility index (Phi) is 6.99. The molecule has 0 aliphatic heterocycles. The molecule has 32 heavy (non-hydrogen) atoms. The molecule has 0 atom stereocenters. The van der Waals surface area contributed by atoms with Crippen molar-refractivity contribution in [2.75, 3.05) is 6.26 Å². The fourth-order valence-corrected chi connectivity index (χ4v) is 3.52. The van der Waals surface area contributed by atoms with Crippen LogP contribution in [0.4, 0.5) is 4.79 Å². The van der Waals surface area contributed by atoms with Crippen LogP contribution in [0.25, 0.3) is 16.7 Å². The zero-order valence-electron chi connectivity index (χ0n) is 17.5. The van der Waals surface area contributed by atoms with Gasteiger partial charge in [0.1, 0.15) is 11.7 Å². The van der Waals surface area contributed by atoms with E-state index in [1.807, 2.05) is 91.2 Å². The van der Waals surface area contributed by atoms with Crippen molar-refractivity contribution in [1.82, 2.24) is 15.3 Å². The zero-order valence-corrected chi connectivity index (χ0v) is 18.3. The predicted octanol–water partition coefficient (Wildman–Crippen LogP) is 5.60. The molecule has 1 amide bonds. The Labute approximate surface area is 190 Å². The number of aromatic amines is 1. The summed E-state index contributed by atoms with van der Waals surface area (Å²) >= 11 is 1.47. The maximum absolute atomic E-state index is 12.2. The Morgan fingerprint density at radius 3 is 2.44 bits per heavy atom. The predicted molar refractivity (Wildman–Crippen MR) is 130 cm³/mol. The zero-order chi connectivity index (χ0) is 22.2. The van der Waals surface area contributed by atoms with Crippen LogP contribution in [0.3, 0.4) is 0 Å². The van der Waals surface area contributed by atoms with Crippen LogP contribution >= 0.6 is 11.8 Å². The number of carbonyl (C=O) groups is 1. The number of benzene rings is 3. The molecule has 0 fully saturated rings. The van der Waals surface area contributed by atoms with Gasteiger partial charge in [-0.1, -0.05) is 72.8 Å². The summed E-state index contributed by atoms with van der Waals surface area (Å²) in [5.41, 5.74) is 4.18. The van der Waals surface area contributed by atoms with Gasteiger partial charge in [-0.05, 0) is 24.0 Å². The van der Waals surface area contributed by atoms with E-state index >= 15 is 0 Å². The first kappa shape index (κ1) is 21.4. The molecule has 1 aromatic heterocycles. The third kappa shape index (κ3) is 5.44. The summed E-state index contributed by atoms with van der Waals surface area (Å²) in [5, 5.41) is 3.39. The molecule has 0 saturated carbocycles. The van der Waals surface area contributed by atoms with Crippen molar-refractivity contribution in [1.29, 1.82) is 0 Å². The Hall–Kier alpha value is -3.84. The molecule has 0 aliphatic carbocycles. The van der Waals surface area contributed by atoms with Crippen LogP contribution in [-0.4, -0.2) is 27.4 Å². The first-order valence-corrected chi connectivity index (χ1v) is 11.3. The normalized spacial score (nSPS) is 12.0. The second-order valence-electron chi connectivity index (χ2n) is 6.83. The van der Waals surface area contributed by atoms with Gasteiger partial charge in [0, 0.05) is 11.8 Å². The lowest BCUT2D eigenvalue weighted by molar-refractivity contribution is 0.143. The molecule has 0 unspecified atom stereocenters. The molecule has 4 aromatic rings. The molecule has 0 spiro atoms. The van der Waals surface area contributed by atoms with Gasteiger partial charge in [0.05, 0.1) is 16.7 Å². The van der Waals surface area contributed by atoms with Crippen molar-refractivity contribution in [3.8, 4) is 0 Å². The van der Waals surface area contributed by atoms with Gasteiger partial charge in [0.25, 0.3) is 0 Å². The van der Waals surface area contributed by atoms with E-state index in [0.717, 1.165) is 22.2 Å². The third-order valence-corrected chi connectivity index (χ3v) is 5.29. The highest BCUT2D eigenvalue weighted by atomic mass is 32.2. The summed E-state index contributed by atoms with van der Waals surface area (Å²) in [7, 11) is 0. The molecule has 0 aliphatic rings. The van der Waals surface area contributed by atoms with Crippen molar-refractivity contribution in [2.24, 2.45) is 4.99 Å². The number of rotatable bonds is 6. The van der Waals surface area contributed by atoms with E-state index in [-0.39, 0.29) is 6.61 Å². The van der Waals surface area contributed by atoms with Crippen LogP contribution in [0.5, 0.6) is 0 Å². The molecular weight excluding hydrogens is 420 g/mol. The average molecular weight is 443 g/mol. The number of hydrogen-bond acceptors (Lipinski definition) is 5. The quantitative estimate of drug-likeness (QED) is 0.301. The number of aromatic nitrogens is 2. The summed E-state index contributed by atoms with van der Waals surface area (Å²) in [5.74, 6) is 0.673. The first-order chi connectivity index (χ1) is 15.7. The number of nitrogens with zero attached hydrogens (tertiary/aromatic N) is 2. The van der Waals surface area contributed by atoms with Gasteiger partial charge in [0.15, 0.2) is 5.82 Å². The molecular formula is C25H22N4O2S. The number of thioether (sulfide) groups is 1. The van der Waals surface area contributed by atoms with Crippen molar-refractivity contribution < 1.29 is 9.53 Å². The molecule has 3 aromatic carbocycles. The number of imidazole rings is 1. The van der Waals surface area contributed by atoms with Crippen LogP contribution < -0.4 is 5.32 Å². The van der Waals surface area contributed by atoms with Gasteiger partial charge < -0.3 is 9.72 Å². The standard InChI is InChI=1S/C25H22N4O2S/c1-32-24(23-27-20-14-8-9-15-21(20)28-23)29-22(19-12-6-3-7-13-19)16-26-25(30)31-17-18-10-4-2-5-11-18/h2-16H,17H2,1H3,(H,26,30)(H,27,28)/b22-16+,29-24?. The Bertz CT molecular complexity index is 1220. The number of ether oxygens (including phenoxy) is 1. The number of para-hydroxylation sites is 2. The van der Waals surface area contributed by atoms with Gasteiger partial charge in [0.2, 0.25) is 0 Å². The second-order valence-corrected chi connectivity index (χ2v) is 7.62. The number of carbonyl (C=O) groups excluding carboxylic acids is 1. The fourth-order valence-electron chi connectivity index (χ4n) is 3.04. The van der Waals surface area contributed by atoms with Crippen LogP contribution in [0.2, 0.25) is 0 Å². The third-order valence-electron chi connectivity index (χ3n) is 4.62. The molecule has 4 rings (SSSR count). The van der Waals surface area contributed by atoms with Gasteiger partial charge in [-0.25, -0.2) is 14.8 Å². The molecule has 0 bridgehead atoms. The van der Waals surface area contributed by atoms with E-state index in [2.05, 4.69) is 15.3 Å². The minimum absolute atomic E-state index is 0.194. The van der Waals surface area contributed by atoms with E-state index in [1.54, 1.807) is 6.20 Å². The van der Waals surface area contributed by atoms with Gasteiger partial charge in [-0.3, -0.25) is 5.32 Å². The fraction of sp³-hybridized carbons (Fsp3) is 0.0800. The number of amides is 1. The number of alkyl carbamates (subject to hydrolysis) is 1. The largest absolute Gasteiger partial charge is 0.444 e. The molecule has 0 radical (unpaired) electrons. The highest BCUT2D eigenvalue weighted by molar-refractivity contribution is 8.13. The van der Waals surface area contributed by atoms with Gasteiger partial charge in [-0.15, -0.1) is 11.8 Å². The van der Waals surface area contributed by atoms with E-state index in [0.29, 0.717) is 16.6 Å². The van der Waals surface area contributed by atoms with Crippen molar-refractivity contribution in [3.63, 3.8) is 0 Å². The number of H-pyrrole nitrogens is 1. The topological polar surface area (TPSA) is 79.4 Å². The minimum atomic E-state index is -0.549. The average Bonchev–Trinajstić information content (AvgIpc) is 3.28. The Morgan fingerprint density at radius 1 is 1.03 bits per heavy atom. The van der Waals surface area contributed by atoms with Crippen molar-refractivity contribution in [3.05, 3.63) is 108 Å². The lowest BCUT2D eigenvalue weighted by Crippen LogP contribution is -2.19. The number of aliphatic imine (C=N–C) groups is 1. The first-order valence-electron chi connectivity index (χ1n) is 10.0. The van der Waals surface area contributed by atoms with E-state index in [4.69, 9.17) is 9.73 Å². The molecule has 6 nitrogen and oxygen atoms in total. The Morgan fingerprint density at radius 2 is 1.72 bits per heavy atom. The number of hydrogen-bond donors (Lipinski definition) is 2. The SMILES string of the molecule is CSC(=N/C(=C/NC(=O)OCc1ccccc1)c1ccccc1)c1nc2ccccc2[nH]1. The monoisotopic (exact) mass is 442 g/mol. The van der Waals surface area contributed by atoms with Gasteiger partial charge >= 0.3 is 6.09 Å². The molecule has 7 heteroatoms. The number of nitrogens with one attached hydrogen (secondary N) is 2. The summed E-state index contributed by atoms with van der Waals surface area (Å²) in [6.45, 7) is 0.194. The van der Waals surface area contributed by atoms with E-state index in [1.165, 1.54) is 11.8 Å². The number of fused-ring (bicyclic) bond motifs is 1. The highest BCUT2D eigenvalue weighted by Crippen LogP contribution is 2.21. The van der Waals surface area contributed by atoms with Crippen LogP contribution in [0.1, 0.15) is 17.0 Å². The summed E-state index contributed by atoms with van der Waals surface area (Å²) < 4.78 is 5.30. The van der Waals surface area contributed by atoms with Crippen LogP contribution in [-0.2, 0) is 11.3 Å².